The Hall–Kier alpha value is -1.15. The molecule has 2 aliphatic rings. The topological polar surface area (TPSA) is 105 Å². The van der Waals surface area contributed by atoms with Gasteiger partial charge in [-0.3, -0.25) is 5.10 Å². The summed E-state index contributed by atoms with van der Waals surface area (Å²) in [6, 6.07) is 0. The molecule has 0 saturated carbocycles. The smallest absolute Gasteiger partial charge is 0.244 e. The Morgan fingerprint density at radius 3 is 2.71 bits per heavy atom. The van der Waals surface area contributed by atoms with Crippen LogP contribution in [0.15, 0.2) is 0 Å². The molecular weight excluding hydrogens is 290 g/mol. The molecule has 3 rings (SSSR count). The predicted molar refractivity (Wildman–Crippen MR) is 81.0 cm³/mol. The monoisotopic (exact) mass is 313 g/mol. The van der Waals surface area contributed by atoms with Crippen LogP contribution in [0.4, 0.5) is 5.95 Å². The van der Waals surface area contributed by atoms with Crippen LogP contribution in [0, 0.1) is 5.41 Å². The van der Waals surface area contributed by atoms with Crippen molar-refractivity contribution in [2.24, 2.45) is 11.1 Å². The number of nitrogens with zero attached hydrogens (tertiary/aromatic N) is 3. The van der Waals surface area contributed by atoms with E-state index in [4.69, 9.17) is 5.73 Å². The number of anilines is 1. The third-order valence-electron chi connectivity index (χ3n) is 4.86. The van der Waals surface area contributed by atoms with Gasteiger partial charge < -0.3 is 10.6 Å². The predicted octanol–water partition coefficient (Wildman–Crippen LogP) is 0.272. The second kappa shape index (κ2) is 5.24. The van der Waals surface area contributed by atoms with Crippen LogP contribution < -0.4 is 10.6 Å². The highest BCUT2D eigenvalue weighted by atomic mass is 32.2. The first kappa shape index (κ1) is 14.8. The van der Waals surface area contributed by atoms with E-state index >= 15 is 0 Å². The lowest BCUT2D eigenvalue weighted by molar-refractivity contribution is 0.257. The number of nitrogens with two attached hydrogens (primary N) is 1. The maximum absolute atomic E-state index is 11.5. The van der Waals surface area contributed by atoms with E-state index in [1.807, 2.05) is 0 Å². The van der Waals surface area contributed by atoms with Gasteiger partial charge in [0.25, 0.3) is 0 Å². The molecule has 1 aromatic rings. The van der Waals surface area contributed by atoms with Crippen LogP contribution in [0.5, 0.6) is 0 Å². The fraction of sp³-hybridized carbons (Fsp3) is 0.846. The zero-order chi connectivity index (χ0) is 15.1. The van der Waals surface area contributed by atoms with Crippen molar-refractivity contribution in [2.45, 2.75) is 32.1 Å². The van der Waals surface area contributed by atoms with Crippen molar-refractivity contribution in [1.29, 1.82) is 0 Å². The van der Waals surface area contributed by atoms with Crippen LogP contribution in [0.3, 0.4) is 0 Å². The molecule has 0 radical (unpaired) electrons. The molecule has 3 heterocycles. The molecule has 0 spiro atoms. The molecule has 3 N–H and O–H groups in total. The lowest BCUT2D eigenvalue weighted by atomic mass is 9.81. The van der Waals surface area contributed by atoms with Crippen molar-refractivity contribution < 1.29 is 8.42 Å². The number of hydrogen-bond acceptors (Lipinski definition) is 6. The van der Waals surface area contributed by atoms with E-state index in [1.165, 1.54) is 0 Å². The minimum Gasteiger partial charge on any atom is -0.340 e. The first-order valence-electron chi connectivity index (χ1n) is 7.49. The Morgan fingerprint density at radius 2 is 2.14 bits per heavy atom. The Kier molecular flexibility index (Phi) is 3.69. The molecule has 118 valence electrons. The van der Waals surface area contributed by atoms with E-state index in [1.54, 1.807) is 0 Å². The quantitative estimate of drug-likeness (QED) is 0.830. The molecule has 0 aromatic carbocycles. The zero-order valence-corrected chi connectivity index (χ0v) is 13.2. The number of aromatic amines is 1. The fourth-order valence-corrected chi connectivity index (χ4v) is 4.80. The Morgan fingerprint density at radius 1 is 1.43 bits per heavy atom. The van der Waals surface area contributed by atoms with Gasteiger partial charge in [-0.2, -0.15) is 4.98 Å². The van der Waals surface area contributed by atoms with Gasteiger partial charge in [0.1, 0.15) is 5.82 Å². The molecule has 0 bridgehead atoms. The number of aromatic nitrogens is 3. The summed E-state index contributed by atoms with van der Waals surface area (Å²) in [6.45, 7) is 4.72. The average molecular weight is 313 g/mol. The van der Waals surface area contributed by atoms with Crippen LogP contribution in [0.1, 0.15) is 37.9 Å². The van der Waals surface area contributed by atoms with Crippen LogP contribution in [-0.4, -0.2) is 54.7 Å². The molecule has 0 aliphatic carbocycles. The van der Waals surface area contributed by atoms with Crippen LogP contribution in [0.25, 0.3) is 0 Å². The Labute approximate surface area is 125 Å². The molecule has 21 heavy (non-hydrogen) atoms. The first-order chi connectivity index (χ1) is 9.91. The van der Waals surface area contributed by atoms with Crippen molar-refractivity contribution in [3.8, 4) is 0 Å². The highest BCUT2D eigenvalue weighted by molar-refractivity contribution is 7.91. The summed E-state index contributed by atoms with van der Waals surface area (Å²) in [4.78, 5) is 6.67. The number of hydrogen-bond donors (Lipinski definition) is 2. The standard InChI is InChI=1S/C13H23N5O2S/c1-13(9-14)3-5-18(6-4-13)12-15-11(16-17-12)10-2-7-21(19,20)8-10/h10H,2-9,14H2,1H3,(H,15,16,17). The molecule has 2 fully saturated rings. The summed E-state index contributed by atoms with van der Waals surface area (Å²) < 4.78 is 23.1. The van der Waals surface area contributed by atoms with Gasteiger partial charge in [0.2, 0.25) is 5.95 Å². The number of nitrogens with one attached hydrogen (secondary N) is 1. The lowest BCUT2D eigenvalue weighted by Crippen LogP contribution is -2.42. The summed E-state index contributed by atoms with van der Waals surface area (Å²) in [6.07, 6.45) is 2.71. The first-order valence-corrected chi connectivity index (χ1v) is 9.31. The lowest BCUT2D eigenvalue weighted by Gasteiger charge is -2.38. The van der Waals surface area contributed by atoms with Crippen molar-refractivity contribution >= 4 is 15.8 Å². The van der Waals surface area contributed by atoms with Gasteiger partial charge in [0, 0.05) is 19.0 Å². The molecule has 1 aromatic heterocycles. The van der Waals surface area contributed by atoms with E-state index in [0.717, 1.165) is 25.9 Å². The average Bonchev–Trinajstić information content (AvgIpc) is 3.06. The molecule has 2 saturated heterocycles. The van der Waals surface area contributed by atoms with Gasteiger partial charge in [-0.25, -0.2) is 8.42 Å². The van der Waals surface area contributed by atoms with Crippen molar-refractivity contribution in [3.05, 3.63) is 5.82 Å². The van der Waals surface area contributed by atoms with Crippen LogP contribution in [-0.2, 0) is 9.84 Å². The maximum Gasteiger partial charge on any atom is 0.244 e. The maximum atomic E-state index is 11.5. The highest BCUT2D eigenvalue weighted by Crippen LogP contribution is 2.32. The number of piperidine rings is 1. The van der Waals surface area contributed by atoms with E-state index < -0.39 is 9.84 Å². The Balaban J connectivity index is 1.66. The van der Waals surface area contributed by atoms with Crippen molar-refractivity contribution in [2.75, 3.05) is 36.0 Å². The largest absolute Gasteiger partial charge is 0.340 e. The second-order valence-electron chi connectivity index (χ2n) is 6.62. The van der Waals surface area contributed by atoms with Gasteiger partial charge in [-0.05, 0) is 31.2 Å². The van der Waals surface area contributed by atoms with Crippen LogP contribution >= 0.6 is 0 Å². The highest BCUT2D eigenvalue weighted by Gasteiger charge is 2.33. The van der Waals surface area contributed by atoms with Gasteiger partial charge >= 0.3 is 0 Å². The third-order valence-corrected chi connectivity index (χ3v) is 6.62. The van der Waals surface area contributed by atoms with Crippen molar-refractivity contribution in [3.63, 3.8) is 0 Å². The van der Waals surface area contributed by atoms with E-state index in [0.29, 0.717) is 24.7 Å². The van der Waals surface area contributed by atoms with Crippen molar-refractivity contribution in [1.82, 2.24) is 15.2 Å². The SMILES string of the molecule is CC1(CN)CCN(c2n[nH]c(C3CCS(=O)(=O)C3)n2)CC1. The van der Waals surface area contributed by atoms with E-state index in [2.05, 4.69) is 27.0 Å². The molecule has 2 aliphatic heterocycles. The second-order valence-corrected chi connectivity index (χ2v) is 8.85. The fourth-order valence-electron chi connectivity index (χ4n) is 3.05. The van der Waals surface area contributed by atoms with Gasteiger partial charge in [-0.15, -0.1) is 5.10 Å². The molecule has 7 nitrogen and oxygen atoms in total. The molecule has 1 unspecified atom stereocenters. The normalized spacial score (nSPS) is 27.9. The molecule has 8 heteroatoms. The number of rotatable bonds is 3. The summed E-state index contributed by atoms with van der Waals surface area (Å²) in [5.41, 5.74) is 6.04. The van der Waals surface area contributed by atoms with E-state index in [-0.39, 0.29) is 22.8 Å². The molecule has 1 atom stereocenters. The zero-order valence-electron chi connectivity index (χ0n) is 12.4. The van der Waals surface area contributed by atoms with Gasteiger partial charge in [0.05, 0.1) is 11.5 Å². The number of H-pyrrole nitrogens is 1. The van der Waals surface area contributed by atoms with Gasteiger partial charge in [0.15, 0.2) is 9.84 Å². The van der Waals surface area contributed by atoms with Crippen LogP contribution in [0.2, 0.25) is 0 Å². The molecule has 0 amide bonds. The summed E-state index contributed by atoms with van der Waals surface area (Å²) in [5, 5.41) is 7.20. The summed E-state index contributed by atoms with van der Waals surface area (Å²) in [7, 11) is -2.89. The summed E-state index contributed by atoms with van der Waals surface area (Å²) >= 11 is 0. The number of sulfone groups is 1. The van der Waals surface area contributed by atoms with E-state index in [9.17, 15) is 8.42 Å². The molecular formula is C13H23N5O2S. The minimum atomic E-state index is -2.89. The summed E-state index contributed by atoms with van der Waals surface area (Å²) in [5.74, 6) is 1.81. The van der Waals surface area contributed by atoms with Gasteiger partial charge in [-0.1, -0.05) is 6.92 Å². The third kappa shape index (κ3) is 3.06. The Bertz CT molecular complexity index is 604. The minimum absolute atomic E-state index is 0.0321.